The SMILES string of the molecule is CN(C)c1ccc(Nc2nc3cc(Oc4ncnc5c4cnn5C)ccc3n2C)cc1. The largest absolute Gasteiger partial charge is 0.438 e. The van der Waals surface area contributed by atoms with Crippen molar-refractivity contribution in [3.05, 3.63) is 55.0 Å². The second-order valence-electron chi connectivity index (χ2n) is 7.50. The number of hydrogen-bond donors (Lipinski definition) is 1. The van der Waals surface area contributed by atoms with Gasteiger partial charge in [0.15, 0.2) is 5.65 Å². The zero-order chi connectivity index (χ0) is 21.5. The highest BCUT2D eigenvalue weighted by Gasteiger charge is 2.13. The topological polar surface area (TPSA) is 85.9 Å². The van der Waals surface area contributed by atoms with E-state index in [1.807, 2.05) is 63.1 Å². The van der Waals surface area contributed by atoms with Gasteiger partial charge in [0.05, 0.1) is 17.2 Å². The highest BCUT2D eigenvalue weighted by atomic mass is 16.5. The molecule has 5 aromatic rings. The van der Waals surface area contributed by atoms with Gasteiger partial charge in [-0.05, 0) is 36.4 Å². The van der Waals surface area contributed by atoms with Crippen LogP contribution in [0.1, 0.15) is 0 Å². The van der Waals surface area contributed by atoms with Gasteiger partial charge >= 0.3 is 0 Å². The summed E-state index contributed by atoms with van der Waals surface area (Å²) in [7, 11) is 7.86. The second kappa shape index (κ2) is 7.28. The van der Waals surface area contributed by atoms with Gasteiger partial charge in [-0.15, -0.1) is 0 Å². The predicted octanol–water partition coefficient (Wildman–Crippen LogP) is 3.85. The molecule has 0 fully saturated rings. The van der Waals surface area contributed by atoms with Gasteiger partial charge in [-0.3, -0.25) is 4.68 Å². The first-order valence-corrected chi connectivity index (χ1v) is 9.81. The van der Waals surface area contributed by atoms with Crippen molar-refractivity contribution in [3.63, 3.8) is 0 Å². The summed E-state index contributed by atoms with van der Waals surface area (Å²) >= 11 is 0. The van der Waals surface area contributed by atoms with Gasteiger partial charge in [-0.2, -0.15) is 5.10 Å². The molecule has 0 spiro atoms. The van der Waals surface area contributed by atoms with Crippen LogP contribution >= 0.6 is 0 Å². The standard InChI is InChI=1S/C22H22N8O/c1-28(2)15-7-5-14(6-8-15)26-22-27-18-11-16(9-10-19(18)29(22)3)31-21-17-12-25-30(4)20(17)23-13-24-21/h5-13H,1-4H3,(H,26,27). The van der Waals surface area contributed by atoms with E-state index in [2.05, 4.69) is 37.4 Å². The van der Waals surface area contributed by atoms with E-state index in [0.717, 1.165) is 39.4 Å². The molecular weight excluding hydrogens is 392 g/mol. The summed E-state index contributed by atoms with van der Waals surface area (Å²) in [6.07, 6.45) is 3.18. The lowest BCUT2D eigenvalue weighted by molar-refractivity contribution is 0.468. The summed E-state index contributed by atoms with van der Waals surface area (Å²) in [6, 6.07) is 14.0. The third-order valence-electron chi connectivity index (χ3n) is 5.20. The summed E-state index contributed by atoms with van der Waals surface area (Å²) < 4.78 is 9.74. The number of imidazole rings is 1. The highest BCUT2D eigenvalue weighted by molar-refractivity contribution is 5.82. The molecule has 3 aromatic heterocycles. The fourth-order valence-electron chi connectivity index (χ4n) is 3.46. The number of fused-ring (bicyclic) bond motifs is 2. The molecule has 0 aliphatic heterocycles. The Bertz CT molecular complexity index is 1380. The normalized spacial score (nSPS) is 11.2. The molecule has 0 amide bonds. The molecule has 2 aromatic carbocycles. The monoisotopic (exact) mass is 414 g/mol. The number of hydrogen-bond acceptors (Lipinski definition) is 7. The Balaban J connectivity index is 1.43. The number of nitrogens with one attached hydrogen (secondary N) is 1. The third-order valence-corrected chi connectivity index (χ3v) is 5.20. The van der Waals surface area contributed by atoms with Crippen molar-refractivity contribution in [2.75, 3.05) is 24.3 Å². The molecule has 1 N–H and O–H groups in total. The maximum Gasteiger partial charge on any atom is 0.233 e. The molecule has 5 rings (SSSR count). The average Bonchev–Trinajstić information content (AvgIpc) is 3.29. The van der Waals surface area contributed by atoms with Gasteiger partial charge in [0, 0.05) is 45.6 Å². The summed E-state index contributed by atoms with van der Waals surface area (Å²) in [4.78, 5) is 15.3. The number of nitrogens with zero attached hydrogens (tertiary/aromatic N) is 7. The first-order chi connectivity index (χ1) is 15.0. The van der Waals surface area contributed by atoms with E-state index < -0.39 is 0 Å². The maximum atomic E-state index is 6.04. The zero-order valence-corrected chi connectivity index (χ0v) is 17.7. The summed E-state index contributed by atoms with van der Waals surface area (Å²) in [5, 5.41) is 8.37. The lowest BCUT2D eigenvalue weighted by Gasteiger charge is -2.13. The smallest absolute Gasteiger partial charge is 0.233 e. The van der Waals surface area contributed by atoms with Gasteiger partial charge in [0.1, 0.15) is 17.5 Å². The van der Waals surface area contributed by atoms with Crippen LogP contribution in [0.4, 0.5) is 17.3 Å². The molecule has 0 aliphatic rings. The van der Waals surface area contributed by atoms with E-state index in [0.29, 0.717) is 11.6 Å². The van der Waals surface area contributed by atoms with Crippen LogP contribution in [0, 0.1) is 0 Å². The minimum Gasteiger partial charge on any atom is -0.438 e. The van der Waals surface area contributed by atoms with E-state index in [4.69, 9.17) is 9.72 Å². The number of aromatic nitrogens is 6. The van der Waals surface area contributed by atoms with Crippen LogP contribution in [0.5, 0.6) is 11.6 Å². The van der Waals surface area contributed by atoms with Crippen LogP contribution in [-0.4, -0.2) is 43.4 Å². The molecule has 3 heterocycles. The fraction of sp³-hybridized carbons (Fsp3) is 0.182. The number of aryl methyl sites for hydroxylation is 2. The van der Waals surface area contributed by atoms with Crippen molar-refractivity contribution in [1.29, 1.82) is 0 Å². The third kappa shape index (κ3) is 3.39. The Morgan fingerprint density at radius 2 is 1.81 bits per heavy atom. The minimum atomic E-state index is 0.465. The molecule has 0 aliphatic carbocycles. The maximum absolute atomic E-state index is 6.04. The lowest BCUT2D eigenvalue weighted by Crippen LogP contribution is -2.08. The molecular formula is C22H22N8O. The average molecular weight is 414 g/mol. The Labute approximate surface area is 178 Å². The first-order valence-electron chi connectivity index (χ1n) is 9.81. The van der Waals surface area contributed by atoms with Gasteiger partial charge in [0.2, 0.25) is 11.8 Å². The first kappa shape index (κ1) is 18.9. The molecule has 0 saturated carbocycles. The Kier molecular flexibility index (Phi) is 4.43. The second-order valence-corrected chi connectivity index (χ2v) is 7.50. The van der Waals surface area contributed by atoms with Crippen molar-refractivity contribution in [1.82, 2.24) is 29.3 Å². The van der Waals surface area contributed by atoms with Gasteiger partial charge in [-0.1, -0.05) is 0 Å². The van der Waals surface area contributed by atoms with Crippen molar-refractivity contribution < 1.29 is 4.74 Å². The lowest BCUT2D eigenvalue weighted by atomic mass is 10.2. The van der Waals surface area contributed by atoms with E-state index in [1.54, 1.807) is 10.9 Å². The molecule has 0 radical (unpaired) electrons. The molecule has 9 nitrogen and oxygen atoms in total. The van der Waals surface area contributed by atoms with E-state index in [9.17, 15) is 0 Å². The van der Waals surface area contributed by atoms with Crippen LogP contribution in [0.15, 0.2) is 55.0 Å². The van der Waals surface area contributed by atoms with E-state index in [-0.39, 0.29) is 0 Å². The molecule has 156 valence electrons. The fourth-order valence-corrected chi connectivity index (χ4v) is 3.46. The summed E-state index contributed by atoms with van der Waals surface area (Å²) in [5.41, 5.74) is 4.65. The molecule has 0 unspecified atom stereocenters. The Morgan fingerprint density at radius 1 is 1.00 bits per heavy atom. The quantitative estimate of drug-likeness (QED) is 0.467. The summed E-state index contributed by atoms with van der Waals surface area (Å²) in [6.45, 7) is 0. The van der Waals surface area contributed by atoms with Crippen LogP contribution in [0.3, 0.4) is 0 Å². The van der Waals surface area contributed by atoms with Crippen LogP contribution in [-0.2, 0) is 14.1 Å². The molecule has 0 atom stereocenters. The molecule has 31 heavy (non-hydrogen) atoms. The van der Waals surface area contributed by atoms with Crippen molar-refractivity contribution in [2.45, 2.75) is 0 Å². The number of ether oxygens (including phenoxy) is 1. The van der Waals surface area contributed by atoms with Gasteiger partial charge in [0.25, 0.3) is 0 Å². The number of benzene rings is 2. The van der Waals surface area contributed by atoms with Gasteiger partial charge in [-0.25, -0.2) is 15.0 Å². The van der Waals surface area contributed by atoms with Crippen LogP contribution < -0.4 is 15.0 Å². The van der Waals surface area contributed by atoms with Crippen LogP contribution in [0.2, 0.25) is 0 Å². The van der Waals surface area contributed by atoms with E-state index >= 15 is 0 Å². The van der Waals surface area contributed by atoms with E-state index in [1.165, 1.54) is 6.33 Å². The Hall–Kier alpha value is -4.14. The van der Waals surface area contributed by atoms with Crippen molar-refractivity contribution in [3.8, 4) is 11.6 Å². The number of rotatable bonds is 5. The van der Waals surface area contributed by atoms with Gasteiger partial charge < -0.3 is 19.5 Å². The highest BCUT2D eigenvalue weighted by Crippen LogP contribution is 2.30. The Morgan fingerprint density at radius 3 is 2.58 bits per heavy atom. The van der Waals surface area contributed by atoms with Crippen LogP contribution in [0.25, 0.3) is 22.1 Å². The molecule has 0 bridgehead atoms. The minimum absolute atomic E-state index is 0.465. The summed E-state index contributed by atoms with van der Waals surface area (Å²) in [5.74, 6) is 1.87. The molecule has 0 saturated heterocycles. The molecule has 9 heteroatoms. The number of anilines is 3. The van der Waals surface area contributed by atoms with Crippen molar-refractivity contribution >= 4 is 39.4 Å². The zero-order valence-electron chi connectivity index (χ0n) is 17.7. The predicted molar refractivity (Wildman–Crippen MR) is 121 cm³/mol. The van der Waals surface area contributed by atoms with Crippen molar-refractivity contribution in [2.24, 2.45) is 14.1 Å².